The fourth-order valence-electron chi connectivity index (χ4n) is 3.65. The van der Waals surface area contributed by atoms with Gasteiger partial charge in [0.2, 0.25) is 0 Å². The van der Waals surface area contributed by atoms with Crippen molar-refractivity contribution in [1.29, 1.82) is 0 Å². The highest BCUT2D eigenvalue weighted by Gasteiger charge is 2.34. The smallest absolute Gasteiger partial charge is 0.254 e. The highest BCUT2D eigenvalue weighted by Crippen LogP contribution is 2.31. The van der Waals surface area contributed by atoms with E-state index in [-0.39, 0.29) is 17.9 Å². The lowest BCUT2D eigenvalue weighted by Crippen LogP contribution is -2.21. The molecule has 1 aromatic heterocycles. The molecule has 2 heterocycles. The van der Waals surface area contributed by atoms with Crippen LogP contribution in [0.1, 0.15) is 30.2 Å². The zero-order valence-electron chi connectivity index (χ0n) is 15.1. The van der Waals surface area contributed by atoms with E-state index in [9.17, 15) is 9.90 Å². The van der Waals surface area contributed by atoms with Crippen LogP contribution in [0.3, 0.4) is 0 Å². The molecule has 3 aromatic rings. The molecule has 1 aliphatic rings. The number of hydrogen-bond donors (Lipinski definition) is 2. The van der Waals surface area contributed by atoms with Crippen molar-refractivity contribution in [2.45, 2.75) is 44.6 Å². The van der Waals surface area contributed by atoms with Crippen LogP contribution < -0.4 is 5.56 Å². The summed E-state index contributed by atoms with van der Waals surface area (Å²) in [7, 11) is 0. The molecule has 0 radical (unpaired) electrons. The molecule has 2 N–H and O–H groups in total. The Kier molecular flexibility index (Phi) is 4.95. The second kappa shape index (κ2) is 7.38. The zero-order chi connectivity index (χ0) is 19.0. The minimum Gasteiger partial charge on any atom is -0.390 e. The Morgan fingerprint density at radius 1 is 1.26 bits per heavy atom. The molecule has 0 saturated carbocycles. The summed E-state index contributed by atoms with van der Waals surface area (Å²) in [6.07, 6.45) is 2.55. The largest absolute Gasteiger partial charge is 0.390 e. The number of ether oxygens (including phenoxy) is 1. The highest BCUT2D eigenvalue weighted by molar-refractivity contribution is 7.71. The lowest BCUT2D eigenvalue weighted by molar-refractivity contribution is -0.0232. The predicted molar refractivity (Wildman–Crippen MR) is 107 cm³/mol. The summed E-state index contributed by atoms with van der Waals surface area (Å²) in [6, 6.07) is 14.7. The highest BCUT2D eigenvalue weighted by atomic mass is 32.1. The van der Waals surface area contributed by atoms with Gasteiger partial charge in [0.05, 0.1) is 12.2 Å². The minimum atomic E-state index is -0.551. The molecule has 5 nitrogen and oxygen atoms in total. The third-order valence-corrected chi connectivity index (χ3v) is 5.50. The van der Waals surface area contributed by atoms with Gasteiger partial charge in [-0.1, -0.05) is 42.5 Å². The Morgan fingerprint density at radius 3 is 2.85 bits per heavy atom. The number of aliphatic hydroxyl groups excluding tert-OH is 1. The van der Waals surface area contributed by atoms with Gasteiger partial charge in [0.1, 0.15) is 6.23 Å². The third-order valence-electron chi connectivity index (χ3n) is 5.19. The zero-order valence-corrected chi connectivity index (χ0v) is 15.9. The number of fused-ring (bicyclic) bond motifs is 1. The van der Waals surface area contributed by atoms with E-state index in [0.29, 0.717) is 16.8 Å². The van der Waals surface area contributed by atoms with Crippen LogP contribution >= 0.6 is 12.2 Å². The van der Waals surface area contributed by atoms with E-state index in [1.807, 2.05) is 12.1 Å². The van der Waals surface area contributed by atoms with E-state index in [1.54, 1.807) is 17.7 Å². The summed E-state index contributed by atoms with van der Waals surface area (Å²) in [5, 5.41) is 12.9. The quantitative estimate of drug-likeness (QED) is 0.676. The molecule has 0 aliphatic carbocycles. The van der Waals surface area contributed by atoms with Gasteiger partial charge in [0.25, 0.3) is 5.56 Å². The van der Waals surface area contributed by atoms with Gasteiger partial charge in [0.15, 0.2) is 4.77 Å². The van der Waals surface area contributed by atoms with Gasteiger partial charge in [-0.2, -0.15) is 0 Å². The van der Waals surface area contributed by atoms with Gasteiger partial charge in [-0.25, -0.2) is 0 Å². The molecule has 0 unspecified atom stereocenters. The van der Waals surface area contributed by atoms with Crippen LogP contribution in [0.4, 0.5) is 0 Å². The molecule has 3 atom stereocenters. The van der Waals surface area contributed by atoms with Crippen molar-refractivity contribution in [1.82, 2.24) is 9.55 Å². The van der Waals surface area contributed by atoms with Crippen molar-refractivity contribution < 1.29 is 9.84 Å². The molecule has 4 rings (SSSR count). The van der Waals surface area contributed by atoms with Gasteiger partial charge in [-0.15, -0.1) is 0 Å². The van der Waals surface area contributed by atoms with Crippen molar-refractivity contribution in [2.24, 2.45) is 0 Å². The summed E-state index contributed by atoms with van der Waals surface area (Å²) in [6.45, 7) is 1.73. The number of aliphatic hydroxyl groups is 1. The van der Waals surface area contributed by atoms with E-state index >= 15 is 0 Å². The number of nitrogens with zero attached hydrogens (tertiary/aromatic N) is 1. The van der Waals surface area contributed by atoms with Crippen molar-refractivity contribution in [3.8, 4) is 0 Å². The van der Waals surface area contributed by atoms with E-state index in [0.717, 1.165) is 12.8 Å². The molecule has 1 fully saturated rings. The second-order valence-corrected chi connectivity index (χ2v) is 7.52. The topological polar surface area (TPSA) is 67.2 Å². The van der Waals surface area contributed by atoms with Crippen LogP contribution in [0.25, 0.3) is 10.8 Å². The maximum Gasteiger partial charge on any atom is 0.254 e. The molecule has 1 saturated heterocycles. The first-order valence-electron chi connectivity index (χ1n) is 9.14. The Hall–Kier alpha value is -2.28. The summed E-state index contributed by atoms with van der Waals surface area (Å²) < 4.78 is 8.11. The average molecular weight is 382 g/mol. The van der Waals surface area contributed by atoms with Crippen LogP contribution in [0, 0.1) is 11.7 Å². The van der Waals surface area contributed by atoms with E-state index in [2.05, 4.69) is 35.3 Å². The molecule has 0 spiro atoms. The molecule has 0 bridgehead atoms. The Labute approximate surface area is 162 Å². The first-order valence-corrected chi connectivity index (χ1v) is 9.55. The number of H-pyrrole nitrogens is 1. The van der Waals surface area contributed by atoms with E-state index < -0.39 is 6.10 Å². The fourth-order valence-corrected chi connectivity index (χ4v) is 3.91. The van der Waals surface area contributed by atoms with Crippen LogP contribution in [-0.4, -0.2) is 26.9 Å². The first kappa shape index (κ1) is 18.1. The molecular weight excluding hydrogens is 360 g/mol. The van der Waals surface area contributed by atoms with Crippen molar-refractivity contribution in [3.05, 3.63) is 74.9 Å². The average Bonchev–Trinajstić information content (AvgIpc) is 3.03. The summed E-state index contributed by atoms with van der Waals surface area (Å²) in [4.78, 5) is 14.3. The summed E-state index contributed by atoms with van der Waals surface area (Å²) in [5.41, 5.74) is 1.60. The second-order valence-electron chi connectivity index (χ2n) is 7.13. The molecule has 2 aromatic carbocycles. The minimum absolute atomic E-state index is 0.192. The van der Waals surface area contributed by atoms with E-state index in [1.165, 1.54) is 16.3 Å². The summed E-state index contributed by atoms with van der Waals surface area (Å²) in [5.74, 6) is 0. The van der Waals surface area contributed by atoms with E-state index in [4.69, 9.17) is 17.0 Å². The molecule has 1 aliphatic heterocycles. The van der Waals surface area contributed by atoms with Crippen molar-refractivity contribution >= 4 is 23.0 Å². The number of rotatable bonds is 4. The van der Waals surface area contributed by atoms with Crippen molar-refractivity contribution in [3.63, 3.8) is 0 Å². The number of nitrogens with one attached hydrogen (secondary N) is 1. The summed E-state index contributed by atoms with van der Waals surface area (Å²) >= 11 is 5.24. The molecular formula is C21H22N2O3S. The maximum atomic E-state index is 11.7. The number of aryl methyl sites for hydroxylation is 2. The Balaban J connectivity index is 1.46. The van der Waals surface area contributed by atoms with Crippen LogP contribution in [0.15, 0.2) is 53.5 Å². The maximum absolute atomic E-state index is 11.7. The first-order chi connectivity index (χ1) is 13.0. The lowest BCUT2D eigenvalue weighted by Gasteiger charge is -2.17. The Morgan fingerprint density at radius 2 is 2.04 bits per heavy atom. The van der Waals surface area contributed by atoms with Crippen molar-refractivity contribution in [2.75, 3.05) is 0 Å². The monoisotopic (exact) mass is 382 g/mol. The lowest BCUT2D eigenvalue weighted by atomic mass is 10.0. The van der Waals surface area contributed by atoms with Gasteiger partial charge < -0.3 is 9.84 Å². The Bertz CT molecular complexity index is 1090. The van der Waals surface area contributed by atoms with Crippen LogP contribution in [0.5, 0.6) is 0 Å². The van der Waals surface area contributed by atoms with Gasteiger partial charge >= 0.3 is 0 Å². The van der Waals surface area contributed by atoms with Gasteiger partial charge in [-0.3, -0.25) is 14.3 Å². The normalized spacial score (nSPS) is 22.4. The molecule has 6 heteroatoms. The van der Waals surface area contributed by atoms with Gasteiger partial charge in [-0.05, 0) is 48.3 Å². The SMILES string of the molecule is Cc1cn([C@H]2C[C@H](O)[C@@H](CCc3ccc4ccccc4c3)O2)c(=S)[nH]c1=O. The molecule has 140 valence electrons. The number of benzene rings is 2. The van der Waals surface area contributed by atoms with Gasteiger partial charge in [0, 0.05) is 18.2 Å². The predicted octanol–water partition coefficient (Wildman–Crippen LogP) is 3.65. The fraction of sp³-hybridized carbons (Fsp3) is 0.333. The number of hydrogen-bond acceptors (Lipinski definition) is 4. The number of aromatic nitrogens is 2. The standard InChI is InChI=1S/C21H22N2O3S/c1-13-12-23(21(27)22-20(13)25)19-11-17(24)18(26-19)9-7-14-6-8-15-4-2-3-5-16(15)10-14/h2-6,8,10,12,17-19,24H,7,9,11H2,1H3,(H,22,25,27)/t17-,18+,19+/m0/s1. The van der Waals surface area contributed by atoms with Crippen LogP contribution in [0.2, 0.25) is 0 Å². The number of aromatic amines is 1. The molecule has 0 amide bonds. The van der Waals surface area contributed by atoms with Crippen LogP contribution in [-0.2, 0) is 11.2 Å². The molecule has 27 heavy (non-hydrogen) atoms. The third kappa shape index (κ3) is 3.74.